The van der Waals surface area contributed by atoms with Crippen molar-refractivity contribution in [3.63, 3.8) is 0 Å². The lowest BCUT2D eigenvalue weighted by atomic mass is 9.84. The maximum absolute atomic E-state index is 12.8. The fourth-order valence-corrected chi connectivity index (χ4v) is 6.44. The van der Waals surface area contributed by atoms with Gasteiger partial charge in [0.1, 0.15) is 0 Å². The van der Waals surface area contributed by atoms with Gasteiger partial charge in [-0.15, -0.1) is 0 Å². The van der Waals surface area contributed by atoms with Crippen molar-refractivity contribution in [1.82, 2.24) is 4.72 Å². The molecule has 160 valence electrons. The lowest BCUT2D eigenvalue weighted by Crippen LogP contribution is -2.40. The highest BCUT2D eigenvalue weighted by atomic mass is 35.5. The Kier molecular flexibility index (Phi) is 6.19. The number of carbonyl (C=O) groups excluding carboxylic acids is 1. The lowest BCUT2D eigenvalue weighted by molar-refractivity contribution is -0.115. The summed E-state index contributed by atoms with van der Waals surface area (Å²) in [4.78, 5) is 12.4. The van der Waals surface area contributed by atoms with Crippen molar-refractivity contribution in [3.05, 3.63) is 59.1 Å². The van der Waals surface area contributed by atoms with Gasteiger partial charge in [0.25, 0.3) is 0 Å². The van der Waals surface area contributed by atoms with Crippen LogP contribution in [0.2, 0.25) is 5.02 Å². The molecule has 2 N–H and O–H groups in total. The third-order valence-corrected chi connectivity index (χ3v) is 8.33. The molecule has 0 radical (unpaired) electrons. The molecule has 2 bridgehead atoms. The van der Waals surface area contributed by atoms with Crippen molar-refractivity contribution >= 4 is 33.2 Å². The van der Waals surface area contributed by atoms with E-state index in [4.69, 9.17) is 11.6 Å². The molecule has 0 heterocycles. The fraction of sp³-hybridized carbons (Fsp3) is 0.435. The van der Waals surface area contributed by atoms with Gasteiger partial charge in [-0.2, -0.15) is 0 Å². The zero-order chi connectivity index (χ0) is 21.3. The molecule has 0 aliphatic heterocycles. The van der Waals surface area contributed by atoms with E-state index in [1.165, 1.54) is 31.4 Å². The maximum atomic E-state index is 12.8. The van der Waals surface area contributed by atoms with Gasteiger partial charge in [0, 0.05) is 16.8 Å². The molecule has 2 aliphatic rings. The van der Waals surface area contributed by atoms with Gasteiger partial charge < -0.3 is 5.32 Å². The van der Waals surface area contributed by atoms with E-state index in [0.29, 0.717) is 22.5 Å². The van der Waals surface area contributed by atoms with Gasteiger partial charge >= 0.3 is 0 Å². The summed E-state index contributed by atoms with van der Waals surface area (Å²) in [6.07, 6.45) is 5.13. The third-order valence-electron chi connectivity index (χ3n) is 6.50. The van der Waals surface area contributed by atoms with E-state index in [0.717, 1.165) is 17.9 Å². The highest BCUT2D eigenvalue weighted by Gasteiger charge is 2.42. The van der Waals surface area contributed by atoms with Gasteiger partial charge in [-0.3, -0.25) is 4.79 Å². The molecule has 4 rings (SSSR count). The Morgan fingerprint density at radius 1 is 1.07 bits per heavy atom. The highest BCUT2D eigenvalue weighted by Crippen LogP contribution is 2.49. The van der Waals surface area contributed by atoms with Crippen molar-refractivity contribution < 1.29 is 13.2 Å². The van der Waals surface area contributed by atoms with Gasteiger partial charge in [-0.1, -0.05) is 30.2 Å². The van der Waals surface area contributed by atoms with Gasteiger partial charge in [0.2, 0.25) is 15.9 Å². The molecular formula is C23H27ClN2O3S. The molecule has 7 heteroatoms. The Labute approximate surface area is 183 Å². The van der Waals surface area contributed by atoms with Crippen LogP contribution in [0.25, 0.3) is 0 Å². The summed E-state index contributed by atoms with van der Waals surface area (Å²) in [7, 11) is -3.59. The summed E-state index contributed by atoms with van der Waals surface area (Å²) in [6, 6.07) is 13.3. The number of halogens is 1. The normalized spacial score (nSPS) is 24.0. The van der Waals surface area contributed by atoms with Crippen molar-refractivity contribution in [3.8, 4) is 0 Å². The monoisotopic (exact) mass is 446 g/mol. The standard InChI is InChI=1S/C23H27ClN2O3S/c1-15(22-13-17-2-5-18(22)12-17)26-30(28,29)21-10-8-20(9-11-21)25-23(27)14-16-3-6-19(24)7-4-16/h3-4,6-11,15,17-18,22,26H,2,5,12-14H2,1H3,(H,25,27)/t15-,17+,18+,22-/m0/s1. The molecule has 1 amide bonds. The smallest absolute Gasteiger partial charge is 0.240 e. The topological polar surface area (TPSA) is 75.3 Å². The van der Waals surface area contributed by atoms with Crippen molar-refractivity contribution in [2.45, 2.75) is 50.0 Å². The molecule has 4 atom stereocenters. The van der Waals surface area contributed by atoms with Crippen LogP contribution in [0, 0.1) is 17.8 Å². The first-order valence-corrected chi connectivity index (χ1v) is 12.3. The molecule has 2 aromatic carbocycles. The minimum absolute atomic E-state index is 0.0657. The van der Waals surface area contributed by atoms with E-state index < -0.39 is 10.0 Å². The highest BCUT2D eigenvalue weighted by molar-refractivity contribution is 7.89. The predicted molar refractivity (Wildman–Crippen MR) is 119 cm³/mol. The van der Waals surface area contributed by atoms with Crippen LogP contribution in [-0.2, 0) is 21.2 Å². The van der Waals surface area contributed by atoms with Crippen LogP contribution in [0.3, 0.4) is 0 Å². The van der Waals surface area contributed by atoms with Crippen LogP contribution >= 0.6 is 11.6 Å². The van der Waals surface area contributed by atoms with Gasteiger partial charge in [-0.05, 0) is 85.9 Å². The predicted octanol–water partition coefficient (Wildman–Crippen LogP) is 4.62. The van der Waals surface area contributed by atoms with E-state index in [1.807, 2.05) is 6.92 Å². The zero-order valence-corrected chi connectivity index (χ0v) is 18.5. The number of fused-ring (bicyclic) bond motifs is 2. The average molecular weight is 447 g/mol. The Hall–Kier alpha value is -1.89. The molecule has 30 heavy (non-hydrogen) atoms. The van der Waals surface area contributed by atoms with E-state index in [-0.39, 0.29) is 23.3 Å². The largest absolute Gasteiger partial charge is 0.326 e. The minimum Gasteiger partial charge on any atom is -0.326 e. The summed E-state index contributed by atoms with van der Waals surface area (Å²) in [5, 5.41) is 3.42. The van der Waals surface area contributed by atoms with Crippen LogP contribution in [-0.4, -0.2) is 20.4 Å². The van der Waals surface area contributed by atoms with Gasteiger partial charge in [-0.25, -0.2) is 13.1 Å². The minimum atomic E-state index is -3.59. The Balaban J connectivity index is 1.35. The second kappa shape index (κ2) is 8.69. The second-order valence-electron chi connectivity index (χ2n) is 8.62. The number of sulfonamides is 1. The Morgan fingerprint density at radius 2 is 1.77 bits per heavy atom. The molecule has 2 aromatic rings. The number of benzene rings is 2. The van der Waals surface area contributed by atoms with Crippen molar-refractivity contribution in [1.29, 1.82) is 0 Å². The van der Waals surface area contributed by atoms with Crippen LogP contribution in [0.1, 0.15) is 38.2 Å². The maximum Gasteiger partial charge on any atom is 0.240 e. The molecule has 2 saturated carbocycles. The molecule has 2 fully saturated rings. The zero-order valence-electron chi connectivity index (χ0n) is 17.0. The quantitative estimate of drug-likeness (QED) is 0.651. The van der Waals surface area contributed by atoms with Crippen molar-refractivity contribution in [2.75, 3.05) is 5.32 Å². The summed E-state index contributed by atoms with van der Waals surface area (Å²) in [5.74, 6) is 1.70. The number of rotatable bonds is 7. The van der Waals surface area contributed by atoms with E-state index >= 15 is 0 Å². The molecule has 0 aromatic heterocycles. The first kappa shape index (κ1) is 21.3. The third kappa shape index (κ3) is 4.88. The Morgan fingerprint density at radius 3 is 2.37 bits per heavy atom. The van der Waals surface area contributed by atoms with Crippen molar-refractivity contribution in [2.24, 2.45) is 17.8 Å². The fourth-order valence-electron chi connectivity index (χ4n) is 5.02. The summed E-state index contributed by atoms with van der Waals surface area (Å²) >= 11 is 5.86. The van der Waals surface area contributed by atoms with Gasteiger partial charge in [0.05, 0.1) is 11.3 Å². The van der Waals surface area contributed by atoms with E-state index in [9.17, 15) is 13.2 Å². The average Bonchev–Trinajstić information content (AvgIpc) is 3.33. The number of anilines is 1. The Bertz CT molecular complexity index is 1010. The molecule has 0 spiro atoms. The molecular weight excluding hydrogens is 420 g/mol. The molecule has 0 saturated heterocycles. The summed E-state index contributed by atoms with van der Waals surface area (Å²) < 4.78 is 28.5. The SMILES string of the molecule is C[C@H](NS(=O)(=O)c1ccc(NC(=O)Cc2ccc(Cl)cc2)cc1)[C@@H]1C[C@@H]2CC[C@@H]1C2. The first-order chi connectivity index (χ1) is 14.3. The van der Waals surface area contributed by atoms with Crippen LogP contribution < -0.4 is 10.0 Å². The van der Waals surface area contributed by atoms with E-state index in [1.54, 1.807) is 36.4 Å². The number of nitrogens with one attached hydrogen (secondary N) is 2. The van der Waals surface area contributed by atoms with Crippen LogP contribution in [0.4, 0.5) is 5.69 Å². The number of hydrogen-bond acceptors (Lipinski definition) is 3. The second-order valence-corrected chi connectivity index (χ2v) is 10.8. The molecule has 0 unspecified atom stereocenters. The van der Waals surface area contributed by atoms with E-state index in [2.05, 4.69) is 10.0 Å². The van der Waals surface area contributed by atoms with Gasteiger partial charge in [0.15, 0.2) is 0 Å². The lowest BCUT2D eigenvalue weighted by Gasteiger charge is -2.28. The summed E-state index contributed by atoms with van der Waals surface area (Å²) in [5.41, 5.74) is 1.42. The van der Waals surface area contributed by atoms with Crippen LogP contribution in [0.15, 0.2) is 53.4 Å². The number of amides is 1. The first-order valence-electron chi connectivity index (χ1n) is 10.5. The number of hydrogen-bond donors (Lipinski definition) is 2. The molecule has 5 nitrogen and oxygen atoms in total. The van der Waals surface area contributed by atoms with Crippen LogP contribution in [0.5, 0.6) is 0 Å². The number of carbonyl (C=O) groups is 1. The molecule has 2 aliphatic carbocycles. The summed E-state index contributed by atoms with van der Waals surface area (Å²) in [6.45, 7) is 1.98.